The van der Waals surface area contributed by atoms with Crippen LogP contribution < -0.4 is 0 Å². The molecule has 1 aliphatic carbocycles. The highest BCUT2D eigenvalue weighted by atomic mass is 79.9. The molecule has 0 amide bonds. The third kappa shape index (κ3) is 4.76. The summed E-state index contributed by atoms with van der Waals surface area (Å²) in [4.78, 5) is 3.17. The summed E-state index contributed by atoms with van der Waals surface area (Å²) >= 11 is 3.62. The summed E-state index contributed by atoms with van der Waals surface area (Å²) in [6.45, 7) is 7.31. The van der Waals surface area contributed by atoms with Crippen LogP contribution in [0.1, 0.15) is 26.7 Å². The van der Waals surface area contributed by atoms with Crippen LogP contribution in [0.25, 0.3) is 0 Å². The molecule has 84 valence electrons. The summed E-state index contributed by atoms with van der Waals surface area (Å²) < 4.78 is 5.52. The van der Waals surface area contributed by atoms with Crippen LogP contribution in [0.3, 0.4) is 0 Å². The molecule has 3 heteroatoms. The first kappa shape index (κ1) is 12.5. The predicted octanol–water partition coefficient (Wildman–Crippen LogP) is 2.52. The summed E-state index contributed by atoms with van der Waals surface area (Å²) in [5, 5.41) is 0. The minimum absolute atomic E-state index is 0.360. The smallest absolute Gasteiger partial charge is 0.0596 e. The molecule has 0 unspecified atom stereocenters. The van der Waals surface area contributed by atoms with Crippen molar-refractivity contribution in [2.45, 2.75) is 37.6 Å². The monoisotopic (exact) mass is 263 g/mol. The lowest BCUT2D eigenvalue weighted by Gasteiger charge is -2.34. The van der Waals surface area contributed by atoms with Gasteiger partial charge in [0, 0.05) is 17.9 Å². The molecule has 1 aliphatic rings. The van der Waals surface area contributed by atoms with Gasteiger partial charge >= 0.3 is 0 Å². The quantitative estimate of drug-likeness (QED) is 0.683. The fourth-order valence-corrected chi connectivity index (χ4v) is 2.84. The average molecular weight is 264 g/mol. The number of hydrogen-bond donors (Lipinski definition) is 0. The molecule has 0 aromatic carbocycles. The fraction of sp³-hybridized carbons (Fsp3) is 1.00. The molecule has 14 heavy (non-hydrogen) atoms. The Morgan fingerprint density at radius 1 is 1.43 bits per heavy atom. The Morgan fingerprint density at radius 3 is 2.57 bits per heavy atom. The van der Waals surface area contributed by atoms with E-state index in [0.717, 1.165) is 23.9 Å². The van der Waals surface area contributed by atoms with Gasteiger partial charge in [0.15, 0.2) is 0 Å². The van der Waals surface area contributed by atoms with Gasteiger partial charge in [0.1, 0.15) is 0 Å². The van der Waals surface area contributed by atoms with Gasteiger partial charge in [0.2, 0.25) is 0 Å². The number of halogens is 1. The van der Waals surface area contributed by atoms with Gasteiger partial charge in [-0.05, 0) is 39.7 Å². The lowest BCUT2D eigenvalue weighted by Crippen LogP contribution is -2.36. The first-order chi connectivity index (χ1) is 6.58. The summed E-state index contributed by atoms with van der Waals surface area (Å²) in [6.07, 6.45) is 3.05. The predicted molar refractivity (Wildman–Crippen MR) is 64.0 cm³/mol. The Kier molecular flexibility index (Phi) is 5.42. The van der Waals surface area contributed by atoms with Gasteiger partial charge in [0.25, 0.3) is 0 Å². The van der Waals surface area contributed by atoms with Gasteiger partial charge in [-0.25, -0.2) is 0 Å². The SMILES string of the molecule is CC(C)OCCN(C)CC1CC(Br)C1. The molecule has 0 spiro atoms. The van der Waals surface area contributed by atoms with Gasteiger partial charge < -0.3 is 9.64 Å². The standard InChI is InChI=1S/C11H22BrNO/c1-9(2)14-5-4-13(3)8-10-6-11(12)7-10/h9-11H,4-8H2,1-3H3. The molecular formula is C11H22BrNO. The highest BCUT2D eigenvalue weighted by Crippen LogP contribution is 2.33. The molecular weight excluding hydrogens is 242 g/mol. The second kappa shape index (κ2) is 6.09. The van der Waals surface area contributed by atoms with Crippen molar-refractivity contribution in [3.8, 4) is 0 Å². The van der Waals surface area contributed by atoms with Crippen molar-refractivity contribution in [1.29, 1.82) is 0 Å². The van der Waals surface area contributed by atoms with E-state index < -0.39 is 0 Å². The minimum Gasteiger partial charge on any atom is -0.377 e. The molecule has 0 bridgehead atoms. The second-order valence-corrected chi connectivity index (χ2v) is 5.91. The van der Waals surface area contributed by atoms with E-state index in [1.165, 1.54) is 19.4 Å². The molecule has 0 aromatic heterocycles. The van der Waals surface area contributed by atoms with Crippen LogP contribution in [0, 0.1) is 5.92 Å². The third-order valence-electron chi connectivity index (χ3n) is 2.67. The molecule has 1 fully saturated rings. The molecule has 0 aromatic rings. The molecule has 2 nitrogen and oxygen atoms in total. The van der Waals surface area contributed by atoms with Crippen LogP contribution >= 0.6 is 15.9 Å². The van der Waals surface area contributed by atoms with E-state index in [2.05, 4.69) is 41.7 Å². The molecule has 1 rings (SSSR count). The van der Waals surface area contributed by atoms with Crippen molar-refractivity contribution in [3.05, 3.63) is 0 Å². The molecule has 0 radical (unpaired) electrons. The third-order valence-corrected chi connectivity index (χ3v) is 3.42. The Balaban J connectivity index is 1.96. The minimum atomic E-state index is 0.360. The molecule has 0 atom stereocenters. The zero-order valence-electron chi connectivity index (χ0n) is 9.50. The number of likely N-dealkylation sites (N-methyl/N-ethyl adjacent to an activating group) is 1. The number of hydrogen-bond acceptors (Lipinski definition) is 2. The normalized spacial score (nSPS) is 27.0. The van der Waals surface area contributed by atoms with Crippen LogP contribution in [0.15, 0.2) is 0 Å². The molecule has 0 N–H and O–H groups in total. The van der Waals surface area contributed by atoms with Crippen molar-refractivity contribution >= 4 is 15.9 Å². The number of ether oxygens (including phenoxy) is 1. The number of nitrogens with zero attached hydrogens (tertiary/aromatic N) is 1. The maximum atomic E-state index is 5.52. The van der Waals surface area contributed by atoms with Crippen molar-refractivity contribution in [3.63, 3.8) is 0 Å². The molecule has 0 saturated heterocycles. The highest BCUT2D eigenvalue weighted by Gasteiger charge is 2.27. The Hall–Kier alpha value is 0.400. The van der Waals surface area contributed by atoms with E-state index in [4.69, 9.17) is 4.74 Å². The topological polar surface area (TPSA) is 12.5 Å². The van der Waals surface area contributed by atoms with Gasteiger partial charge in [-0.15, -0.1) is 0 Å². The first-order valence-electron chi connectivity index (χ1n) is 5.52. The molecule has 0 heterocycles. The lowest BCUT2D eigenvalue weighted by atomic mass is 9.85. The Morgan fingerprint density at radius 2 is 2.07 bits per heavy atom. The first-order valence-corrected chi connectivity index (χ1v) is 6.43. The van der Waals surface area contributed by atoms with Crippen LogP contribution in [0.2, 0.25) is 0 Å². The summed E-state index contributed by atoms with van der Waals surface area (Å²) in [5.74, 6) is 0.906. The van der Waals surface area contributed by atoms with E-state index in [1.54, 1.807) is 0 Å². The van der Waals surface area contributed by atoms with Crippen LogP contribution in [0.4, 0.5) is 0 Å². The average Bonchev–Trinajstić information content (AvgIpc) is 2.00. The highest BCUT2D eigenvalue weighted by molar-refractivity contribution is 9.09. The van der Waals surface area contributed by atoms with E-state index in [9.17, 15) is 0 Å². The van der Waals surface area contributed by atoms with E-state index in [0.29, 0.717) is 6.10 Å². The zero-order chi connectivity index (χ0) is 10.6. The van der Waals surface area contributed by atoms with E-state index in [-0.39, 0.29) is 0 Å². The van der Waals surface area contributed by atoms with Crippen LogP contribution in [-0.4, -0.2) is 42.6 Å². The summed E-state index contributed by atoms with van der Waals surface area (Å²) in [6, 6.07) is 0. The summed E-state index contributed by atoms with van der Waals surface area (Å²) in [7, 11) is 2.19. The van der Waals surface area contributed by atoms with Crippen LogP contribution in [-0.2, 0) is 4.74 Å². The largest absolute Gasteiger partial charge is 0.377 e. The fourth-order valence-electron chi connectivity index (χ4n) is 1.78. The Labute approximate surface area is 96.1 Å². The maximum Gasteiger partial charge on any atom is 0.0596 e. The van der Waals surface area contributed by atoms with E-state index >= 15 is 0 Å². The van der Waals surface area contributed by atoms with Crippen molar-refractivity contribution in [2.24, 2.45) is 5.92 Å². The van der Waals surface area contributed by atoms with Crippen molar-refractivity contribution < 1.29 is 4.74 Å². The number of rotatable bonds is 6. The lowest BCUT2D eigenvalue weighted by molar-refractivity contribution is 0.0586. The van der Waals surface area contributed by atoms with Gasteiger partial charge in [0.05, 0.1) is 12.7 Å². The zero-order valence-corrected chi connectivity index (χ0v) is 11.1. The van der Waals surface area contributed by atoms with Gasteiger partial charge in [-0.2, -0.15) is 0 Å². The Bertz CT molecular complexity index is 157. The van der Waals surface area contributed by atoms with Gasteiger partial charge in [-0.3, -0.25) is 0 Å². The van der Waals surface area contributed by atoms with Crippen molar-refractivity contribution in [1.82, 2.24) is 4.90 Å². The van der Waals surface area contributed by atoms with Crippen LogP contribution in [0.5, 0.6) is 0 Å². The summed E-state index contributed by atoms with van der Waals surface area (Å²) in [5.41, 5.74) is 0. The van der Waals surface area contributed by atoms with E-state index in [1.807, 2.05) is 0 Å². The maximum absolute atomic E-state index is 5.52. The second-order valence-electron chi connectivity index (χ2n) is 4.62. The molecule has 0 aliphatic heterocycles. The van der Waals surface area contributed by atoms with Gasteiger partial charge in [-0.1, -0.05) is 15.9 Å². The number of alkyl halides is 1. The molecule has 1 saturated carbocycles. The van der Waals surface area contributed by atoms with Crippen molar-refractivity contribution in [2.75, 3.05) is 26.7 Å².